The number of carbonyl (C=O) groups excluding carboxylic acids is 1. The predicted octanol–water partition coefficient (Wildman–Crippen LogP) is 2.69. The van der Waals surface area contributed by atoms with Crippen molar-refractivity contribution in [2.45, 2.75) is 31.2 Å². The average molecular weight is 499 g/mol. The molecule has 0 spiro atoms. The molecule has 10 heteroatoms. The zero-order valence-electron chi connectivity index (χ0n) is 19.8. The van der Waals surface area contributed by atoms with Gasteiger partial charge in [-0.3, -0.25) is 4.79 Å². The van der Waals surface area contributed by atoms with Crippen molar-refractivity contribution < 1.29 is 22.4 Å². The average Bonchev–Trinajstić information content (AvgIpc) is 3.32. The third kappa shape index (κ3) is 5.19. The van der Waals surface area contributed by atoms with Crippen molar-refractivity contribution in [2.24, 2.45) is 5.92 Å². The quantitative estimate of drug-likeness (QED) is 0.557. The summed E-state index contributed by atoms with van der Waals surface area (Å²) in [5, 5.41) is 3.75. The van der Waals surface area contributed by atoms with Gasteiger partial charge in [0.1, 0.15) is 17.3 Å². The fourth-order valence-electron chi connectivity index (χ4n) is 4.66. The number of sulfonamides is 1. The number of amides is 1. The number of carbonyl (C=O) groups is 1. The Bertz CT molecular complexity index is 1320. The van der Waals surface area contributed by atoms with Gasteiger partial charge in [-0.05, 0) is 62.2 Å². The Labute approximate surface area is 205 Å². The second-order valence-electron chi connectivity index (χ2n) is 9.06. The van der Waals surface area contributed by atoms with E-state index in [1.807, 2.05) is 31.2 Å². The summed E-state index contributed by atoms with van der Waals surface area (Å²) in [7, 11) is -3.56. The van der Waals surface area contributed by atoms with Crippen molar-refractivity contribution in [3.05, 3.63) is 54.0 Å². The molecule has 9 nitrogen and oxygen atoms in total. The summed E-state index contributed by atoms with van der Waals surface area (Å²) >= 11 is 0. The van der Waals surface area contributed by atoms with Crippen LogP contribution in [0.15, 0.2) is 51.8 Å². The van der Waals surface area contributed by atoms with Crippen LogP contribution in [-0.4, -0.2) is 63.0 Å². The van der Waals surface area contributed by atoms with E-state index in [1.54, 1.807) is 18.2 Å². The van der Waals surface area contributed by atoms with Crippen molar-refractivity contribution in [1.82, 2.24) is 14.6 Å². The van der Waals surface area contributed by atoms with Crippen molar-refractivity contribution >= 4 is 32.7 Å². The molecule has 0 radical (unpaired) electrons. The number of nitrogens with one attached hydrogen (secondary N) is 1. The Morgan fingerprint density at radius 2 is 1.94 bits per heavy atom. The van der Waals surface area contributed by atoms with Gasteiger partial charge in [0.2, 0.25) is 15.9 Å². The molecule has 2 aliphatic heterocycles. The molecule has 1 unspecified atom stereocenters. The van der Waals surface area contributed by atoms with Crippen LogP contribution in [-0.2, 0) is 26.1 Å². The van der Waals surface area contributed by atoms with E-state index in [4.69, 9.17) is 14.1 Å². The molecule has 0 saturated carbocycles. The molecule has 1 N–H and O–H groups in total. The lowest BCUT2D eigenvalue weighted by atomic mass is 9.97. The van der Waals surface area contributed by atoms with Crippen molar-refractivity contribution in [2.75, 3.05) is 44.3 Å². The second-order valence-corrected chi connectivity index (χ2v) is 11.0. The number of piperidine rings is 1. The number of furan rings is 1. The van der Waals surface area contributed by atoms with Crippen molar-refractivity contribution in [3.63, 3.8) is 0 Å². The van der Waals surface area contributed by atoms with E-state index in [2.05, 4.69) is 10.2 Å². The van der Waals surface area contributed by atoms with E-state index < -0.39 is 10.0 Å². The molecule has 35 heavy (non-hydrogen) atoms. The number of ether oxygens (including phenoxy) is 1. The van der Waals surface area contributed by atoms with Crippen LogP contribution in [0.5, 0.6) is 0 Å². The van der Waals surface area contributed by atoms with Gasteiger partial charge in [-0.15, -0.1) is 0 Å². The Kier molecular flexibility index (Phi) is 6.77. The van der Waals surface area contributed by atoms with Crippen LogP contribution in [0.1, 0.15) is 24.4 Å². The van der Waals surface area contributed by atoms with Crippen molar-refractivity contribution in [3.8, 4) is 0 Å². The maximum Gasteiger partial charge on any atom is 0.243 e. The van der Waals surface area contributed by atoms with Gasteiger partial charge < -0.3 is 19.4 Å². The van der Waals surface area contributed by atoms with Gasteiger partial charge >= 0.3 is 0 Å². The van der Waals surface area contributed by atoms with Gasteiger partial charge in [-0.1, -0.05) is 0 Å². The zero-order chi connectivity index (χ0) is 24.4. The third-order valence-electron chi connectivity index (χ3n) is 6.60. The van der Waals surface area contributed by atoms with Gasteiger partial charge in [-0.25, -0.2) is 13.4 Å². The number of aromatic nitrogens is 1. The van der Waals surface area contributed by atoms with Gasteiger partial charge in [0.05, 0.1) is 36.1 Å². The molecule has 5 rings (SSSR count). The molecule has 3 aromatic rings. The van der Waals surface area contributed by atoms with E-state index in [1.165, 1.54) is 4.31 Å². The molecular formula is C25H30N4O5S. The smallest absolute Gasteiger partial charge is 0.243 e. The number of anilines is 1. The van der Waals surface area contributed by atoms with Crippen LogP contribution in [0.3, 0.4) is 0 Å². The standard InChI is InChI=1S/C25H30N4O5S/c1-18-4-6-21(34-18)16-26-25(30)20-3-2-10-28(17-20)24-9-5-19-15-22(7-8-23(19)27-24)35(31,32)29-11-13-33-14-12-29/h4-9,15,20H,2-3,10-14,16-17H2,1H3,(H,26,30). The first-order valence-corrected chi connectivity index (χ1v) is 13.4. The number of pyridine rings is 1. The van der Waals surface area contributed by atoms with Crippen molar-refractivity contribution in [1.29, 1.82) is 0 Å². The summed E-state index contributed by atoms with van der Waals surface area (Å²) in [6.45, 7) is 5.22. The van der Waals surface area contributed by atoms with Crippen LogP contribution >= 0.6 is 0 Å². The van der Waals surface area contributed by atoms with Gasteiger partial charge in [0, 0.05) is 31.6 Å². The molecule has 0 aliphatic carbocycles. The number of hydrogen-bond acceptors (Lipinski definition) is 7. The third-order valence-corrected chi connectivity index (χ3v) is 8.50. The highest BCUT2D eigenvalue weighted by Crippen LogP contribution is 2.27. The Balaban J connectivity index is 1.27. The van der Waals surface area contributed by atoms with Crippen LogP contribution < -0.4 is 10.2 Å². The summed E-state index contributed by atoms with van der Waals surface area (Å²) in [5.41, 5.74) is 0.725. The molecular weight excluding hydrogens is 468 g/mol. The molecule has 1 atom stereocenters. The summed E-state index contributed by atoms with van der Waals surface area (Å²) in [5.74, 6) is 2.25. The number of benzene rings is 1. The SMILES string of the molecule is Cc1ccc(CNC(=O)C2CCCN(c3ccc4cc(S(=O)(=O)N5CCOCC5)ccc4n3)C2)o1. The van der Waals surface area contributed by atoms with Crippen LogP contribution in [0.25, 0.3) is 10.9 Å². The highest BCUT2D eigenvalue weighted by Gasteiger charge is 2.28. The first kappa shape index (κ1) is 23.8. The Morgan fingerprint density at radius 3 is 2.71 bits per heavy atom. The highest BCUT2D eigenvalue weighted by atomic mass is 32.2. The number of hydrogen-bond donors (Lipinski definition) is 1. The molecule has 186 valence electrons. The van der Waals surface area contributed by atoms with Gasteiger partial charge in [-0.2, -0.15) is 4.31 Å². The molecule has 2 aliphatic rings. The number of nitrogens with zero attached hydrogens (tertiary/aromatic N) is 3. The first-order chi connectivity index (χ1) is 16.9. The molecule has 2 fully saturated rings. The van der Waals surface area contributed by atoms with Crippen LogP contribution in [0, 0.1) is 12.8 Å². The van der Waals surface area contributed by atoms with E-state index in [0.717, 1.165) is 47.6 Å². The normalized spacial score (nSPS) is 19.7. The minimum atomic E-state index is -3.56. The molecule has 1 amide bonds. The Morgan fingerprint density at radius 1 is 1.11 bits per heavy atom. The van der Waals surface area contributed by atoms with Gasteiger partial charge in [0.25, 0.3) is 0 Å². The molecule has 1 aromatic carbocycles. The monoisotopic (exact) mass is 498 g/mol. The lowest BCUT2D eigenvalue weighted by Gasteiger charge is -2.33. The molecule has 4 heterocycles. The number of fused-ring (bicyclic) bond motifs is 1. The maximum absolute atomic E-state index is 13.0. The first-order valence-electron chi connectivity index (χ1n) is 12.0. The fraction of sp³-hybridized carbons (Fsp3) is 0.440. The lowest BCUT2D eigenvalue weighted by Crippen LogP contribution is -2.43. The topological polar surface area (TPSA) is 105 Å². The summed E-state index contributed by atoms with van der Waals surface area (Å²) in [6, 6.07) is 12.6. The maximum atomic E-state index is 13.0. The summed E-state index contributed by atoms with van der Waals surface area (Å²) < 4.78 is 38.3. The van der Waals surface area contributed by atoms with E-state index in [-0.39, 0.29) is 16.7 Å². The molecule has 2 aromatic heterocycles. The van der Waals surface area contributed by atoms with Crippen LogP contribution in [0.2, 0.25) is 0 Å². The van der Waals surface area contributed by atoms with E-state index in [9.17, 15) is 13.2 Å². The zero-order valence-corrected chi connectivity index (χ0v) is 20.6. The number of aryl methyl sites for hydroxylation is 1. The number of morpholine rings is 1. The highest BCUT2D eigenvalue weighted by molar-refractivity contribution is 7.89. The largest absolute Gasteiger partial charge is 0.465 e. The Hall–Kier alpha value is -2.95. The predicted molar refractivity (Wildman–Crippen MR) is 132 cm³/mol. The van der Waals surface area contributed by atoms with Gasteiger partial charge in [0.15, 0.2) is 0 Å². The molecule has 2 saturated heterocycles. The minimum Gasteiger partial charge on any atom is -0.465 e. The fourth-order valence-corrected chi connectivity index (χ4v) is 6.11. The summed E-state index contributed by atoms with van der Waals surface area (Å²) in [6.07, 6.45) is 1.73. The van der Waals surface area contributed by atoms with E-state index >= 15 is 0 Å². The van der Waals surface area contributed by atoms with Crippen LogP contribution in [0.4, 0.5) is 5.82 Å². The van der Waals surface area contributed by atoms with E-state index in [0.29, 0.717) is 39.4 Å². The molecule has 0 bridgehead atoms. The minimum absolute atomic E-state index is 0.0162. The summed E-state index contributed by atoms with van der Waals surface area (Å²) in [4.78, 5) is 19.9. The number of rotatable bonds is 6. The second kappa shape index (κ2) is 9.96. The lowest BCUT2D eigenvalue weighted by molar-refractivity contribution is -0.125.